The summed E-state index contributed by atoms with van der Waals surface area (Å²) in [5, 5.41) is 2.91. The number of anilines is 2. The number of amides is 1. The normalized spacial score (nSPS) is 21.5. The minimum atomic E-state index is -0.213. The molecule has 2 aliphatic rings. The van der Waals surface area contributed by atoms with Gasteiger partial charge in [-0.2, -0.15) is 0 Å². The van der Waals surface area contributed by atoms with Gasteiger partial charge in [0.15, 0.2) is 6.61 Å². The average Bonchev–Trinajstić information content (AvgIpc) is 3.48. The van der Waals surface area contributed by atoms with E-state index < -0.39 is 0 Å². The Bertz CT molecular complexity index is 1190. The fourth-order valence-electron chi connectivity index (χ4n) is 5.63. The first-order valence-electron chi connectivity index (χ1n) is 13.7. The first kappa shape index (κ1) is 26.2. The quantitative estimate of drug-likeness (QED) is 0.352. The number of carbonyl (C=O) groups excluding carboxylic acids is 1. The molecule has 0 aliphatic carbocycles. The first-order valence-corrected chi connectivity index (χ1v) is 13.7. The van der Waals surface area contributed by atoms with Crippen LogP contribution in [0.1, 0.15) is 56.3 Å². The highest BCUT2D eigenvalue weighted by Crippen LogP contribution is 2.43. The summed E-state index contributed by atoms with van der Waals surface area (Å²) in [6.07, 6.45) is 3.46. The number of halogens is 1. The van der Waals surface area contributed by atoms with E-state index in [9.17, 15) is 9.18 Å². The maximum atomic E-state index is 13.4. The van der Waals surface area contributed by atoms with E-state index in [1.807, 2.05) is 48.5 Å². The van der Waals surface area contributed by atoms with Crippen molar-refractivity contribution in [1.29, 1.82) is 0 Å². The summed E-state index contributed by atoms with van der Waals surface area (Å²) in [4.78, 5) is 14.8. The molecule has 3 aromatic rings. The topological polar surface area (TPSA) is 50.8 Å². The number of nitrogens with one attached hydrogen (secondary N) is 1. The van der Waals surface area contributed by atoms with Gasteiger partial charge in [-0.25, -0.2) is 4.39 Å². The number of hydrogen-bond acceptors (Lipinski definition) is 4. The van der Waals surface area contributed by atoms with Crippen LogP contribution in [-0.2, 0) is 9.53 Å². The molecule has 5 rings (SSSR count). The van der Waals surface area contributed by atoms with E-state index in [0.717, 1.165) is 36.3 Å². The van der Waals surface area contributed by atoms with Crippen LogP contribution in [0.2, 0.25) is 0 Å². The number of ether oxygens (including phenoxy) is 2. The Balaban J connectivity index is 1.14. The molecule has 2 heterocycles. The molecule has 3 aromatic carbocycles. The molecule has 2 aliphatic heterocycles. The SMILES string of the molecule is CC(C)[C@@H]1C[C@H](c2ccc(F)cc2)CO[C@H]1c1ccc(OCC(=O)Nc2ccc(N3CCCC3)cc2)cc1. The summed E-state index contributed by atoms with van der Waals surface area (Å²) >= 11 is 0. The van der Waals surface area contributed by atoms with E-state index in [1.54, 1.807) is 0 Å². The highest BCUT2D eigenvalue weighted by molar-refractivity contribution is 5.92. The second-order valence-corrected chi connectivity index (χ2v) is 10.8. The molecule has 0 aromatic heterocycles. The van der Waals surface area contributed by atoms with E-state index in [0.29, 0.717) is 24.2 Å². The lowest BCUT2D eigenvalue weighted by Gasteiger charge is -2.39. The zero-order valence-electron chi connectivity index (χ0n) is 22.2. The van der Waals surface area contributed by atoms with Crippen LogP contribution in [0.4, 0.5) is 15.8 Å². The molecule has 2 fully saturated rings. The largest absolute Gasteiger partial charge is 0.484 e. The summed E-state index contributed by atoms with van der Waals surface area (Å²) in [6, 6.07) is 22.6. The fourth-order valence-corrected chi connectivity index (χ4v) is 5.63. The second-order valence-electron chi connectivity index (χ2n) is 10.8. The van der Waals surface area contributed by atoms with E-state index >= 15 is 0 Å². The zero-order chi connectivity index (χ0) is 26.5. The van der Waals surface area contributed by atoms with Crippen molar-refractivity contribution in [3.63, 3.8) is 0 Å². The van der Waals surface area contributed by atoms with Gasteiger partial charge in [0.2, 0.25) is 0 Å². The lowest BCUT2D eigenvalue weighted by Crippen LogP contribution is -2.31. The molecule has 38 heavy (non-hydrogen) atoms. The molecule has 1 N–H and O–H groups in total. The van der Waals surface area contributed by atoms with Crippen LogP contribution in [0.15, 0.2) is 72.8 Å². The van der Waals surface area contributed by atoms with Gasteiger partial charge in [-0.05, 0) is 90.8 Å². The Morgan fingerprint density at radius 2 is 1.63 bits per heavy atom. The van der Waals surface area contributed by atoms with Crippen molar-refractivity contribution >= 4 is 17.3 Å². The fraction of sp³-hybridized carbons (Fsp3) is 0.406. The Morgan fingerprint density at radius 3 is 2.29 bits per heavy atom. The van der Waals surface area contributed by atoms with E-state index in [4.69, 9.17) is 9.47 Å². The van der Waals surface area contributed by atoms with Crippen molar-refractivity contribution in [2.45, 2.75) is 45.1 Å². The predicted molar refractivity (Wildman–Crippen MR) is 149 cm³/mol. The number of benzene rings is 3. The molecule has 0 saturated carbocycles. The lowest BCUT2D eigenvalue weighted by molar-refractivity contribution is -0.118. The van der Waals surface area contributed by atoms with Crippen molar-refractivity contribution < 1.29 is 18.7 Å². The molecular weight excluding hydrogens is 479 g/mol. The van der Waals surface area contributed by atoms with Crippen molar-refractivity contribution in [3.8, 4) is 5.75 Å². The minimum Gasteiger partial charge on any atom is -0.484 e. The smallest absolute Gasteiger partial charge is 0.262 e. The lowest BCUT2D eigenvalue weighted by atomic mass is 9.76. The zero-order valence-corrected chi connectivity index (χ0v) is 22.2. The maximum Gasteiger partial charge on any atom is 0.262 e. The van der Waals surface area contributed by atoms with E-state index in [-0.39, 0.29) is 30.4 Å². The van der Waals surface area contributed by atoms with Gasteiger partial charge in [-0.15, -0.1) is 0 Å². The van der Waals surface area contributed by atoms with Gasteiger partial charge in [-0.3, -0.25) is 4.79 Å². The maximum absolute atomic E-state index is 13.4. The Kier molecular flexibility index (Phi) is 8.28. The van der Waals surface area contributed by atoms with Crippen molar-refractivity contribution in [1.82, 2.24) is 0 Å². The van der Waals surface area contributed by atoms with Crippen LogP contribution < -0.4 is 15.0 Å². The molecular formula is C32H37FN2O3. The van der Waals surface area contributed by atoms with Crippen LogP contribution in [0, 0.1) is 17.7 Å². The molecule has 1 amide bonds. The summed E-state index contributed by atoms with van der Waals surface area (Å²) in [6.45, 7) is 7.20. The third kappa shape index (κ3) is 6.36. The van der Waals surface area contributed by atoms with E-state index in [2.05, 4.69) is 36.2 Å². The van der Waals surface area contributed by atoms with Crippen LogP contribution in [-0.4, -0.2) is 32.2 Å². The van der Waals surface area contributed by atoms with Gasteiger partial charge < -0.3 is 19.7 Å². The van der Waals surface area contributed by atoms with Gasteiger partial charge in [0.1, 0.15) is 11.6 Å². The number of rotatable bonds is 8. The Labute approximate surface area is 225 Å². The monoisotopic (exact) mass is 516 g/mol. The molecule has 0 spiro atoms. The van der Waals surface area contributed by atoms with Crippen LogP contribution in [0.5, 0.6) is 5.75 Å². The average molecular weight is 517 g/mol. The molecule has 5 nitrogen and oxygen atoms in total. The van der Waals surface area contributed by atoms with Crippen molar-refractivity contribution in [2.75, 3.05) is 36.5 Å². The predicted octanol–water partition coefficient (Wildman–Crippen LogP) is 6.96. The number of carbonyl (C=O) groups is 1. The third-order valence-electron chi connectivity index (χ3n) is 7.82. The molecule has 0 unspecified atom stereocenters. The van der Waals surface area contributed by atoms with E-state index in [1.165, 1.54) is 30.7 Å². The standard InChI is InChI=1S/C32H37FN2O3/c1-22(2)30-19-25(23-5-9-26(33)10-6-23)20-38-32(30)24-7-15-29(16-8-24)37-21-31(36)34-27-11-13-28(14-12-27)35-17-3-4-18-35/h5-16,22,25,30,32H,3-4,17-21H2,1-2H3,(H,34,36)/t25-,30-,32-/m0/s1. The number of hydrogen-bond donors (Lipinski definition) is 1. The van der Waals surface area contributed by atoms with Crippen molar-refractivity contribution in [2.24, 2.45) is 11.8 Å². The minimum absolute atomic E-state index is 0.00687. The summed E-state index contributed by atoms with van der Waals surface area (Å²) in [5.41, 5.74) is 4.20. The van der Waals surface area contributed by atoms with Crippen LogP contribution in [0.3, 0.4) is 0 Å². The van der Waals surface area contributed by atoms with Gasteiger partial charge in [0.25, 0.3) is 5.91 Å². The Morgan fingerprint density at radius 1 is 0.974 bits per heavy atom. The summed E-state index contributed by atoms with van der Waals surface area (Å²) in [7, 11) is 0. The van der Waals surface area contributed by atoms with Gasteiger partial charge >= 0.3 is 0 Å². The van der Waals surface area contributed by atoms with Crippen LogP contribution >= 0.6 is 0 Å². The van der Waals surface area contributed by atoms with Gasteiger partial charge in [0.05, 0.1) is 12.7 Å². The molecule has 2 saturated heterocycles. The molecule has 3 atom stereocenters. The molecule has 0 radical (unpaired) electrons. The third-order valence-corrected chi connectivity index (χ3v) is 7.82. The summed E-state index contributed by atoms with van der Waals surface area (Å²) < 4.78 is 25.5. The second kappa shape index (κ2) is 12.0. The first-order chi connectivity index (χ1) is 18.5. The molecule has 200 valence electrons. The van der Waals surface area contributed by atoms with Crippen molar-refractivity contribution in [3.05, 3.63) is 89.7 Å². The molecule has 6 heteroatoms. The highest BCUT2D eigenvalue weighted by atomic mass is 19.1. The van der Waals surface area contributed by atoms with Gasteiger partial charge in [0, 0.05) is 30.4 Å². The van der Waals surface area contributed by atoms with Crippen LogP contribution in [0.25, 0.3) is 0 Å². The van der Waals surface area contributed by atoms with Gasteiger partial charge in [-0.1, -0.05) is 38.1 Å². The summed E-state index contributed by atoms with van der Waals surface area (Å²) in [5.74, 6) is 1.28. The number of nitrogens with zero attached hydrogens (tertiary/aromatic N) is 1. The molecule has 0 bridgehead atoms. The highest BCUT2D eigenvalue weighted by Gasteiger charge is 2.35. The Hall–Kier alpha value is -3.38.